The first-order chi connectivity index (χ1) is 7.66. The van der Waals surface area contributed by atoms with Crippen molar-refractivity contribution >= 4 is 5.69 Å². The molecule has 2 aliphatic rings. The predicted octanol–water partition coefficient (Wildman–Crippen LogP) is 2.77. The molecule has 3 rings (SSSR count). The van der Waals surface area contributed by atoms with Crippen molar-refractivity contribution in [3.05, 3.63) is 29.3 Å². The number of anilines is 1. The van der Waals surface area contributed by atoms with Crippen LogP contribution in [0.2, 0.25) is 0 Å². The van der Waals surface area contributed by atoms with E-state index in [-0.39, 0.29) is 0 Å². The van der Waals surface area contributed by atoms with Gasteiger partial charge in [-0.3, -0.25) is 4.90 Å². The highest BCUT2D eigenvalue weighted by molar-refractivity contribution is 5.52. The maximum absolute atomic E-state index is 6.02. The van der Waals surface area contributed by atoms with Crippen LogP contribution in [0.15, 0.2) is 18.2 Å². The molecule has 1 heterocycles. The average molecular weight is 216 g/mol. The molecule has 0 aromatic heterocycles. The fourth-order valence-electron chi connectivity index (χ4n) is 3.11. The number of nitrogens with two attached hydrogens (primary N) is 1. The normalized spacial score (nSPS) is 22.8. The van der Waals surface area contributed by atoms with Crippen LogP contribution >= 0.6 is 0 Å². The summed E-state index contributed by atoms with van der Waals surface area (Å²) in [6.45, 7) is 5.80. The standard InChI is InChI=1S/C14H20N2/c1-14(6-3-7-14)10-16-8-11-4-2-5-13(15)12(11)9-16/h2,4-5H,3,6-10,15H2,1H3. The van der Waals surface area contributed by atoms with Crippen molar-refractivity contribution in [1.29, 1.82) is 0 Å². The van der Waals surface area contributed by atoms with Crippen molar-refractivity contribution in [3.8, 4) is 0 Å². The van der Waals surface area contributed by atoms with Crippen molar-refractivity contribution < 1.29 is 0 Å². The van der Waals surface area contributed by atoms with Crippen LogP contribution in [-0.4, -0.2) is 11.4 Å². The van der Waals surface area contributed by atoms with Crippen LogP contribution in [0.5, 0.6) is 0 Å². The minimum Gasteiger partial charge on any atom is -0.398 e. The van der Waals surface area contributed by atoms with Gasteiger partial charge in [0.2, 0.25) is 0 Å². The van der Waals surface area contributed by atoms with Gasteiger partial charge >= 0.3 is 0 Å². The van der Waals surface area contributed by atoms with Crippen LogP contribution in [0.4, 0.5) is 5.69 Å². The summed E-state index contributed by atoms with van der Waals surface area (Å²) in [5, 5.41) is 0. The molecule has 0 saturated heterocycles. The summed E-state index contributed by atoms with van der Waals surface area (Å²) in [4.78, 5) is 2.56. The van der Waals surface area contributed by atoms with Gasteiger partial charge in [0.05, 0.1) is 0 Å². The molecule has 2 nitrogen and oxygen atoms in total. The molecule has 0 unspecified atom stereocenters. The number of nitrogen functional groups attached to an aromatic ring is 1. The molecule has 1 fully saturated rings. The Hall–Kier alpha value is -1.02. The molecule has 1 aromatic carbocycles. The molecule has 1 aromatic rings. The molecule has 2 heteroatoms. The summed E-state index contributed by atoms with van der Waals surface area (Å²) < 4.78 is 0. The van der Waals surface area contributed by atoms with Gasteiger partial charge in [-0.25, -0.2) is 0 Å². The highest BCUT2D eigenvalue weighted by atomic mass is 15.1. The van der Waals surface area contributed by atoms with Gasteiger partial charge in [0.15, 0.2) is 0 Å². The van der Waals surface area contributed by atoms with Gasteiger partial charge in [-0.15, -0.1) is 0 Å². The zero-order valence-electron chi connectivity index (χ0n) is 10.00. The fourth-order valence-corrected chi connectivity index (χ4v) is 3.11. The van der Waals surface area contributed by atoms with Crippen LogP contribution in [-0.2, 0) is 13.1 Å². The number of hydrogen-bond donors (Lipinski definition) is 1. The molecular formula is C14H20N2. The third kappa shape index (κ3) is 1.61. The molecule has 86 valence electrons. The Labute approximate surface area is 97.4 Å². The van der Waals surface area contributed by atoms with E-state index in [4.69, 9.17) is 5.73 Å². The van der Waals surface area contributed by atoms with Gasteiger partial charge in [0.1, 0.15) is 0 Å². The first-order valence-electron chi connectivity index (χ1n) is 6.25. The maximum atomic E-state index is 6.02. The van der Waals surface area contributed by atoms with E-state index in [0.717, 1.165) is 18.8 Å². The molecule has 0 spiro atoms. The lowest BCUT2D eigenvalue weighted by atomic mass is 9.70. The van der Waals surface area contributed by atoms with Crippen LogP contribution in [0.3, 0.4) is 0 Å². The molecule has 2 N–H and O–H groups in total. The smallest absolute Gasteiger partial charge is 0.0363 e. The Morgan fingerprint density at radius 2 is 2.12 bits per heavy atom. The molecule has 0 radical (unpaired) electrons. The second kappa shape index (κ2) is 3.49. The van der Waals surface area contributed by atoms with E-state index in [1.54, 1.807) is 0 Å². The number of nitrogens with zero attached hydrogens (tertiary/aromatic N) is 1. The Balaban J connectivity index is 1.73. The van der Waals surface area contributed by atoms with E-state index in [1.165, 1.54) is 36.9 Å². The second-order valence-electron chi connectivity index (χ2n) is 5.79. The van der Waals surface area contributed by atoms with Crippen LogP contribution < -0.4 is 5.73 Å². The van der Waals surface area contributed by atoms with E-state index in [9.17, 15) is 0 Å². The average Bonchev–Trinajstić information content (AvgIpc) is 2.59. The highest BCUT2D eigenvalue weighted by Gasteiger charge is 2.35. The Morgan fingerprint density at radius 1 is 1.31 bits per heavy atom. The van der Waals surface area contributed by atoms with Crippen molar-refractivity contribution in [2.24, 2.45) is 5.41 Å². The first-order valence-corrected chi connectivity index (χ1v) is 6.25. The van der Waals surface area contributed by atoms with Crippen molar-refractivity contribution in [3.63, 3.8) is 0 Å². The van der Waals surface area contributed by atoms with E-state index in [2.05, 4.69) is 24.0 Å². The molecule has 1 aliphatic heterocycles. The summed E-state index contributed by atoms with van der Waals surface area (Å²) in [7, 11) is 0. The lowest BCUT2D eigenvalue weighted by Gasteiger charge is -2.41. The molecule has 0 bridgehead atoms. The molecule has 1 aliphatic carbocycles. The summed E-state index contributed by atoms with van der Waals surface area (Å²) in [5.74, 6) is 0. The Bertz CT molecular complexity index is 407. The summed E-state index contributed by atoms with van der Waals surface area (Å²) in [6, 6.07) is 6.31. The number of fused-ring (bicyclic) bond motifs is 1. The van der Waals surface area contributed by atoms with Crippen molar-refractivity contribution in [1.82, 2.24) is 4.90 Å². The third-order valence-corrected chi connectivity index (χ3v) is 4.25. The maximum Gasteiger partial charge on any atom is 0.0363 e. The lowest BCUT2D eigenvalue weighted by molar-refractivity contribution is 0.0840. The molecule has 16 heavy (non-hydrogen) atoms. The highest BCUT2D eigenvalue weighted by Crippen LogP contribution is 2.42. The molecule has 1 saturated carbocycles. The summed E-state index contributed by atoms with van der Waals surface area (Å²) >= 11 is 0. The van der Waals surface area contributed by atoms with Gasteiger partial charge in [-0.1, -0.05) is 25.5 Å². The van der Waals surface area contributed by atoms with E-state index >= 15 is 0 Å². The number of benzene rings is 1. The summed E-state index contributed by atoms with van der Waals surface area (Å²) in [5.41, 5.74) is 10.4. The number of hydrogen-bond acceptors (Lipinski definition) is 2. The van der Waals surface area contributed by atoms with Gasteiger partial charge in [-0.05, 0) is 35.4 Å². The SMILES string of the molecule is CC1(CN2Cc3cccc(N)c3C2)CCC1. The molecule has 0 atom stereocenters. The van der Waals surface area contributed by atoms with Crippen LogP contribution in [0.25, 0.3) is 0 Å². The van der Waals surface area contributed by atoms with Gasteiger partial charge < -0.3 is 5.73 Å². The van der Waals surface area contributed by atoms with Gasteiger partial charge in [0.25, 0.3) is 0 Å². The van der Waals surface area contributed by atoms with E-state index < -0.39 is 0 Å². The van der Waals surface area contributed by atoms with E-state index in [1.807, 2.05) is 6.07 Å². The number of rotatable bonds is 2. The zero-order chi connectivity index (χ0) is 11.2. The van der Waals surface area contributed by atoms with Crippen molar-refractivity contribution in [2.45, 2.75) is 39.3 Å². The summed E-state index contributed by atoms with van der Waals surface area (Å²) in [6.07, 6.45) is 4.21. The monoisotopic (exact) mass is 216 g/mol. The zero-order valence-corrected chi connectivity index (χ0v) is 10.00. The minimum absolute atomic E-state index is 0.580. The van der Waals surface area contributed by atoms with E-state index in [0.29, 0.717) is 5.41 Å². The van der Waals surface area contributed by atoms with Gasteiger partial charge in [-0.2, -0.15) is 0 Å². The predicted molar refractivity (Wildman–Crippen MR) is 66.9 cm³/mol. The third-order valence-electron chi connectivity index (χ3n) is 4.25. The van der Waals surface area contributed by atoms with Crippen LogP contribution in [0.1, 0.15) is 37.3 Å². The molecule has 0 amide bonds. The van der Waals surface area contributed by atoms with Crippen LogP contribution in [0, 0.1) is 5.41 Å². The van der Waals surface area contributed by atoms with Crippen molar-refractivity contribution in [2.75, 3.05) is 12.3 Å². The lowest BCUT2D eigenvalue weighted by Crippen LogP contribution is -2.37. The molecular weight excluding hydrogens is 196 g/mol. The topological polar surface area (TPSA) is 29.3 Å². The largest absolute Gasteiger partial charge is 0.398 e. The fraction of sp³-hybridized carbons (Fsp3) is 0.571. The quantitative estimate of drug-likeness (QED) is 0.770. The van der Waals surface area contributed by atoms with Gasteiger partial charge in [0, 0.05) is 25.3 Å². The second-order valence-corrected chi connectivity index (χ2v) is 5.79. The minimum atomic E-state index is 0.580. The Kier molecular flexibility index (Phi) is 2.21. The Morgan fingerprint density at radius 3 is 2.75 bits per heavy atom. The first kappa shape index (κ1) is 10.2.